The van der Waals surface area contributed by atoms with Gasteiger partial charge in [-0.2, -0.15) is 0 Å². The second-order valence-corrected chi connectivity index (χ2v) is 3.78. The third-order valence-corrected chi connectivity index (χ3v) is 2.39. The molecule has 0 spiro atoms. The largest absolute Gasteiger partial charge is 0.440 e. The number of thiocarbonyl (C=S) groups is 1. The van der Waals surface area contributed by atoms with E-state index in [4.69, 9.17) is 17.0 Å². The van der Waals surface area contributed by atoms with E-state index in [2.05, 4.69) is 0 Å². The van der Waals surface area contributed by atoms with Crippen LogP contribution in [-0.4, -0.2) is 10.6 Å². The van der Waals surface area contributed by atoms with Crippen LogP contribution in [-0.2, 0) is 0 Å². The van der Waals surface area contributed by atoms with Gasteiger partial charge in [0.1, 0.15) is 5.75 Å². The predicted molar refractivity (Wildman–Crippen MR) is 57.9 cm³/mol. The van der Waals surface area contributed by atoms with Gasteiger partial charge >= 0.3 is 0 Å². The number of benzene rings is 1. The molecule has 0 atom stereocenters. The minimum absolute atomic E-state index is 0.554. The van der Waals surface area contributed by atoms with Crippen LogP contribution >= 0.6 is 24.0 Å². The quantitative estimate of drug-likeness (QED) is 0.642. The zero-order valence-corrected chi connectivity index (χ0v) is 8.67. The standard InChI is InChI=1S/C9H10OS2/c1-7-3-5-8(6-4-7)10-9(11)12-2/h3-6H,1-2H3. The summed E-state index contributed by atoms with van der Waals surface area (Å²) in [5, 5.41) is 0. The minimum Gasteiger partial charge on any atom is -0.440 e. The Labute approximate surface area is 82.1 Å². The first kappa shape index (κ1) is 9.55. The second-order valence-electron chi connectivity index (χ2n) is 2.37. The lowest BCUT2D eigenvalue weighted by molar-refractivity contribution is 0.579. The molecule has 1 rings (SSSR count). The van der Waals surface area contributed by atoms with Crippen molar-refractivity contribution in [2.75, 3.05) is 6.26 Å². The van der Waals surface area contributed by atoms with Crippen LogP contribution in [0, 0.1) is 6.92 Å². The molecule has 0 N–H and O–H groups in total. The lowest BCUT2D eigenvalue weighted by Gasteiger charge is -2.03. The van der Waals surface area contributed by atoms with E-state index in [1.807, 2.05) is 37.4 Å². The van der Waals surface area contributed by atoms with Gasteiger partial charge in [-0.25, -0.2) is 0 Å². The third kappa shape index (κ3) is 2.83. The van der Waals surface area contributed by atoms with Crippen molar-refractivity contribution in [2.24, 2.45) is 0 Å². The van der Waals surface area contributed by atoms with E-state index in [-0.39, 0.29) is 0 Å². The summed E-state index contributed by atoms with van der Waals surface area (Å²) in [7, 11) is 0. The summed E-state index contributed by atoms with van der Waals surface area (Å²) >= 11 is 6.34. The smallest absolute Gasteiger partial charge is 0.225 e. The molecule has 0 fully saturated rings. The van der Waals surface area contributed by atoms with E-state index < -0.39 is 0 Å². The zero-order chi connectivity index (χ0) is 8.97. The summed E-state index contributed by atoms with van der Waals surface area (Å²) < 4.78 is 5.87. The lowest BCUT2D eigenvalue weighted by Crippen LogP contribution is -1.98. The molecule has 0 amide bonds. The van der Waals surface area contributed by atoms with E-state index in [9.17, 15) is 0 Å². The van der Waals surface area contributed by atoms with E-state index in [1.165, 1.54) is 17.3 Å². The van der Waals surface area contributed by atoms with Crippen LogP contribution < -0.4 is 4.74 Å². The molecular weight excluding hydrogens is 188 g/mol. The minimum atomic E-state index is 0.554. The van der Waals surface area contributed by atoms with Crippen LogP contribution in [0.3, 0.4) is 0 Å². The number of rotatable bonds is 1. The molecule has 0 saturated heterocycles. The Kier molecular flexibility index (Phi) is 3.56. The van der Waals surface area contributed by atoms with Gasteiger partial charge in [0, 0.05) is 0 Å². The first-order valence-corrected chi connectivity index (χ1v) is 5.18. The van der Waals surface area contributed by atoms with E-state index in [0.717, 1.165) is 5.75 Å². The zero-order valence-electron chi connectivity index (χ0n) is 7.03. The van der Waals surface area contributed by atoms with Gasteiger partial charge in [0.15, 0.2) is 0 Å². The maximum atomic E-state index is 5.31. The highest BCUT2D eigenvalue weighted by atomic mass is 32.2. The third-order valence-electron chi connectivity index (χ3n) is 1.39. The van der Waals surface area contributed by atoms with Crippen LogP contribution in [0.15, 0.2) is 24.3 Å². The molecule has 0 aliphatic rings. The molecule has 1 nitrogen and oxygen atoms in total. The van der Waals surface area contributed by atoms with Gasteiger partial charge in [-0.1, -0.05) is 29.5 Å². The molecule has 64 valence electrons. The van der Waals surface area contributed by atoms with Crippen molar-refractivity contribution in [3.8, 4) is 5.75 Å². The Morgan fingerprint density at radius 3 is 2.42 bits per heavy atom. The number of hydrogen-bond donors (Lipinski definition) is 0. The van der Waals surface area contributed by atoms with Crippen molar-refractivity contribution in [2.45, 2.75) is 6.92 Å². The van der Waals surface area contributed by atoms with Gasteiger partial charge in [-0.05, 0) is 37.5 Å². The fourth-order valence-corrected chi connectivity index (χ4v) is 1.02. The first-order chi connectivity index (χ1) is 5.72. The molecule has 3 heteroatoms. The lowest BCUT2D eigenvalue weighted by atomic mass is 10.2. The summed E-state index contributed by atoms with van der Waals surface area (Å²) in [5.74, 6) is 0.806. The molecular formula is C9H10OS2. The molecule has 0 saturated carbocycles. The summed E-state index contributed by atoms with van der Waals surface area (Å²) in [5.41, 5.74) is 1.22. The fourth-order valence-electron chi connectivity index (χ4n) is 0.744. The van der Waals surface area contributed by atoms with E-state index >= 15 is 0 Å². The van der Waals surface area contributed by atoms with Gasteiger partial charge < -0.3 is 4.74 Å². The normalized spacial score (nSPS) is 9.50. The second kappa shape index (κ2) is 4.48. The highest BCUT2D eigenvalue weighted by Gasteiger charge is 1.96. The topological polar surface area (TPSA) is 9.23 Å². The molecule has 0 heterocycles. The van der Waals surface area contributed by atoms with Gasteiger partial charge in [0.05, 0.1) is 0 Å². The summed E-state index contributed by atoms with van der Waals surface area (Å²) in [6, 6.07) is 7.83. The average Bonchev–Trinajstić information content (AvgIpc) is 2.09. The molecule has 1 aromatic carbocycles. The highest BCUT2D eigenvalue weighted by Crippen LogP contribution is 2.14. The monoisotopic (exact) mass is 198 g/mol. The summed E-state index contributed by atoms with van der Waals surface area (Å²) in [6.07, 6.45) is 1.90. The van der Waals surface area contributed by atoms with Gasteiger partial charge in [-0.15, -0.1) is 0 Å². The molecule has 0 bridgehead atoms. The molecule has 12 heavy (non-hydrogen) atoms. The van der Waals surface area contributed by atoms with Crippen molar-refractivity contribution in [1.29, 1.82) is 0 Å². The Hall–Kier alpha value is -0.540. The predicted octanol–water partition coefficient (Wildman–Crippen LogP) is 3.02. The van der Waals surface area contributed by atoms with Crippen LogP contribution in [0.1, 0.15) is 5.56 Å². The fraction of sp³-hybridized carbons (Fsp3) is 0.222. The van der Waals surface area contributed by atoms with E-state index in [1.54, 1.807) is 0 Å². The Morgan fingerprint density at radius 1 is 1.33 bits per heavy atom. The number of aryl methyl sites for hydroxylation is 1. The van der Waals surface area contributed by atoms with Crippen molar-refractivity contribution >= 4 is 28.4 Å². The summed E-state index contributed by atoms with van der Waals surface area (Å²) in [4.78, 5) is 0. The van der Waals surface area contributed by atoms with Crippen LogP contribution in [0.4, 0.5) is 0 Å². The van der Waals surface area contributed by atoms with Gasteiger partial charge in [0.2, 0.25) is 4.38 Å². The Bertz CT molecular complexity index is 266. The number of thioether (sulfide) groups is 1. The maximum absolute atomic E-state index is 5.31. The Morgan fingerprint density at radius 2 is 1.92 bits per heavy atom. The molecule has 0 aliphatic heterocycles. The maximum Gasteiger partial charge on any atom is 0.225 e. The van der Waals surface area contributed by atoms with E-state index in [0.29, 0.717) is 4.38 Å². The first-order valence-electron chi connectivity index (χ1n) is 3.55. The molecule has 0 unspecified atom stereocenters. The number of ether oxygens (including phenoxy) is 1. The van der Waals surface area contributed by atoms with Crippen LogP contribution in [0.2, 0.25) is 0 Å². The van der Waals surface area contributed by atoms with Crippen molar-refractivity contribution in [3.63, 3.8) is 0 Å². The average molecular weight is 198 g/mol. The van der Waals surface area contributed by atoms with Crippen LogP contribution in [0.25, 0.3) is 0 Å². The summed E-state index contributed by atoms with van der Waals surface area (Å²) in [6.45, 7) is 2.04. The molecule has 1 aromatic rings. The van der Waals surface area contributed by atoms with Gasteiger partial charge in [0.25, 0.3) is 0 Å². The van der Waals surface area contributed by atoms with Crippen molar-refractivity contribution < 1.29 is 4.74 Å². The Balaban J connectivity index is 2.64. The van der Waals surface area contributed by atoms with Crippen molar-refractivity contribution in [1.82, 2.24) is 0 Å². The number of hydrogen-bond acceptors (Lipinski definition) is 3. The SMILES string of the molecule is CSC(=S)Oc1ccc(C)cc1. The molecule has 0 aromatic heterocycles. The van der Waals surface area contributed by atoms with Crippen LogP contribution in [0.5, 0.6) is 5.75 Å². The molecule has 0 aliphatic carbocycles. The highest BCUT2D eigenvalue weighted by molar-refractivity contribution is 8.22. The molecule has 0 radical (unpaired) electrons. The van der Waals surface area contributed by atoms with Gasteiger partial charge in [-0.3, -0.25) is 0 Å². The van der Waals surface area contributed by atoms with Crippen molar-refractivity contribution in [3.05, 3.63) is 29.8 Å².